The van der Waals surface area contributed by atoms with Crippen LogP contribution in [0.25, 0.3) is 11.0 Å². The minimum atomic E-state index is -0.510. The maximum absolute atomic E-state index is 13.0. The van der Waals surface area contributed by atoms with Gasteiger partial charge in [-0.3, -0.25) is 20.4 Å². The number of nitrogens with one attached hydrogen (secondary N) is 2. The maximum Gasteiger partial charge on any atom is 0.269 e. The van der Waals surface area contributed by atoms with Gasteiger partial charge in [0.25, 0.3) is 11.8 Å². The summed E-state index contributed by atoms with van der Waals surface area (Å²) in [7, 11) is 0. The molecule has 32 heavy (non-hydrogen) atoms. The molecule has 0 fully saturated rings. The molecule has 0 radical (unpaired) electrons. The van der Waals surface area contributed by atoms with Crippen LogP contribution in [0.15, 0.2) is 83.8 Å². The second kappa shape index (κ2) is 9.70. The van der Waals surface area contributed by atoms with Gasteiger partial charge in [-0.1, -0.05) is 48.5 Å². The fraction of sp³-hybridized carbons (Fsp3) is 0.160. The Labute approximate surface area is 191 Å². The Morgan fingerprint density at radius 1 is 0.969 bits per heavy atom. The van der Waals surface area contributed by atoms with Crippen LogP contribution in [0.2, 0.25) is 0 Å². The number of hydrogen-bond donors (Lipinski definition) is 2. The van der Waals surface area contributed by atoms with Gasteiger partial charge in [0.15, 0.2) is 0 Å². The van der Waals surface area contributed by atoms with Crippen LogP contribution in [0, 0.1) is 6.92 Å². The number of imidazole rings is 1. The van der Waals surface area contributed by atoms with E-state index < -0.39 is 5.25 Å². The zero-order valence-corrected chi connectivity index (χ0v) is 18.7. The van der Waals surface area contributed by atoms with Crippen LogP contribution >= 0.6 is 11.8 Å². The molecule has 1 heterocycles. The third-order valence-corrected chi connectivity index (χ3v) is 6.42. The van der Waals surface area contributed by atoms with Crippen molar-refractivity contribution in [2.45, 2.75) is 30.5 Å². The van der Waals surface area contributed by atoms with E-state index in [1.807, 2.05) is 73.7 Å². The van der Waals surface area contributed by atoms with E-state index in [0.717, 1.165) is 33.9 Å². The summed E-state index contributed by atoms with van der Waals surface area (Å²) in [5.41, 5.74) is 8.17. The molecule has 1 aromatic heterocycles. The van der Waals surface area contributed by atoms with Crippen LogP contribution < -0.4 is 10.9 Å². The van der Waals surface area contributed by atoms with Gasteiger partial charge in [0.2, 0.25) is 0 Å². The number of fused-ring (bicyclic) bond motifs is 1. The zero-order chi connectivity index (χ0) is 22.5. The van der Waals surface area contributed by atoms with Gasteiger partial charge in [0.05, 0.1) is 11.0 Å². The molecular weight excluding hydrogens is 420 g/mol. The summed E-state index contributed by atoms with van der Waals surface area (Å²) in [4.78, 5) is 31.2. The second-order valence-electron chi connectivity index (χ2n) is 7.27. The average molecular weight is 445 g/mol. The van der Waals surface area contributed by atoms with Gasteiger partial charge in [-0.2, -0.15) is 0 Å². The number of thioether (sulfide) groups is 1. The van der Waals surface area contributed by atoms with E-state index in [1.54, 1.807) is 12.1 Å². The van der Waals surface area contributed by atoms with Crippen molar-refractivity contribution < 1.29 is 9.59 Å². The highest BCUT2D eigenvalue weighted by Crippen LogP contribution is 2.35. The molecule has 4 aromatic rings. The molecule has 2 N–H and O–H groups in total. The van der Waals surface area contributed by atoms with Crippen molar-refractivity contribution in [3.63, 3.8) is 0 Å². The van der Waals surface area contributed by atoms with Crippen molar-refractivity contribution in [3.8, 4) is 0 Å². The molecular formula is C25H24N4O2S. The Morgan fingerprint density at radius 2 is 1.66 bits per heavy atom. The first-order valence-corrected chi connectivity index (χ1v) is 11.3. The van der Waals surface area contributed by atoms with Crippen molar-refractivity contribution in [3.05, 3.63) is 95.8 Å². The third-order valence-electron chi connectivity index (χ3n) is 5.15. The SMILES string of the molecule is CCn1c(C)nc2cc(C(=O)NNC(=O)C(Sc3ccccc3)c3ccccc3)ccc21. The number of rotatable bonds is 6. The number of carbonyl (C=O) groups is 2. The molecule has 2 amide bonds. The van der Waals surface area contributed by atoms with Crippen molar-refractivity contribution >= 4 is 34.6 Å². The number of carbonyl (C=O) groups excluding carboxylic acids is 2. The zero-order valence-electron chi connectivity index (χ0n) is 17.9. The summed E-state index contributed by atoms with van der Waals surface area (Å²) < 4.78 is 2.09. The molecule has 0 saturated heterocycles. The Balaban J connectivity index is 1.49. The van der Waals surface area contributed by atoms with E-state index in [4.69, 9.17) is 0 Å². The van der Waals surface area contributed by atoms with Gasteiger partial charge in [0.1, 0.15) is 11.1 Å². The lowest BCUT2D eigenvalue weighted by atomic mass is 10.1. The number of aromatic nitrogens is 2. The summed E-state index contributed by atoms with van der Waals surface area (Å²) in [5, 5.41) is -0.510. The minimum absolute atomic E-state index is 0.300. The van der Waals surface area contributed by atoms with Crippen molar-refractivity contribution in [2.75, 3.05) is 0 Å². The molecule has 0 aliphatic carbocycles. The highest BCUT2D eigenvalue weighted by molar-refractivity contribution is 8.00. The first-order chi connectivity index (χ1) is 15.6. The molecule has 7 heteroatoms. The predicted octanol–water partition coefficient (Wildman–Crippen LogP) is 4.66. The van der Waals surface area contributed by atoms with Crippen LogP contribution in [-0.2, 0) is 11.3 Å². The number of nitrogens with zero attached hydrogens (tertiary/aromatic N) is 2. The maximum atomic E-state index is 13.0. The molecule has 6 nitrogen and oxygen atoms in total. The normalized spacial score (nSPS) is 11.8. The molecule has 0 aliphatic heterocycles. The quantitative estimate of drug-likeness (QED) is 0.335. The van der Waals surface area contributed by atoms with Crippen LogP contribution in [0.5, 0.6) is 0 Å². The smallest absolute Gasteiger partial charge is 0.269 e. The van der Waals surface area contributed by atoms with Gasteiger partial charge in [-0.15, -0.1) is 11.8 Å². The molecule has 162 valence electrons. The Hall–Kier alpha value is -3.58. The highest BCUT2D eigenvalue weighted by Gasteiger charge is 2.22. The Kier molecular flexibility index (Phi) is 6.56. The minimum Gasteiger partial charge on any atom is -0.329 e. The molecule has 0 spiro atoms. The standard InChI is InChI=1S/C25H24N4O2S/c1-3-29-17(2)26-21-16-19(14-15-22(21)29)24(30)27-28-25(31)23(18-10-6-4-7-11-18)32-20-12-8-5-9-13-20/h4-16,23H,3H2,1-2H3,(H,27,30)(H,28,31). The molecule has 4 rings (SSSR count). The topological polar surface area (TPSA) is 76.0 Å². The first kappa shape index (κ1) is 21.6. The lowest BCUT2D eigenvalue weighted by molar-refractivity contribution is -0.121. The summed E-state index contributed by atoms with van der Waals surface area (Å²) >= 11 is 1.43. The molecule has 0 bridgehead atoms. The van der Waals surface area contributed by atoms with Gasteiger partial charge in [-0.05, 0) is 49.7 Å². The van der Waals surface area contributed by atoms with Crippen LogP contribution in [0.3, 0.4) is 0 Å². The fourth-order valence-electron chi connectivity index (χ4n) is 3.58. The summed E-state index contributed by atoms with van der Waals surface area (Å²) in [6.45, 7) is 4.81. The summed E-state index contributed by atoms with van der Waals surface area (Å²) in [5.74, 6) is 0.211. The molecule has 3 aromatic carbocycles. The average Bonchev–Trinajstić information content (AvgIpc) is 3.16. The lowest BCUT2D eigenvalue weighted by Gasteiger charge is -2.17. The molecule has 1 atom stereocenters. The van der Waals surface area contributed by atoms with Gasteiger partial charge in [-0.25, -0.2) is 4.98 Å². The fourth-order valence-corrected chi connectivity index (χ4v) is 4.63. The number of amides is 2. The van der Waals surface area contributed by atoms with E-state index >= 15 is 0 Å². The van der Waals surface area contributed by atoms with Crippen molar-refractivity contribution in [1.82, 2.24) is 20.4 Å². The Morgan fingerprint density at radius 3 is 2.34 bits per heavy atom. The van der Waals surface area contributed by atoms with Gasteiger partial charge >= 0.3 is 0 Å². The number of hydrazine groups is 1. The summed E-state index contributed by atoms with van der Waals surface area (Å²) in [6, 6.07) is 24.6. The van der Waals surface area contributed by atoms with E-state index in [9.17, 15) is 9.59 Å². The molecule has 0 aliphatic rings. The largest absolute Gasteiger partial charge is 0.329 e. The van der Waals surface area contributed by atoms with Crippen LogP contribution in [0.4, 0.5) is 0 Å². The van der Waals surface area contributed by atoms with Gasteiger partial charge in [0, 0.05) is 17.0 Å². The van der Waals surface area contributed by atoms with E-state index in [1.165, 1.54) is 11.8 Å². The second-order valence-corrected chi connectivity index (χ2v) is 8.45. The Bertz CT molecular complexity index is 1240. The van der Waals surface area contributed by atoms with Crippen LogP contribution in [0.1, 0.15) is 33.9 Å². The van der Waals surface area contributed by atoms with Crippen LogP contribution in [-0.4, -0.2) is 21.4 Å². The highest BCUT2D eigenvalue weighted by atomic mass is 32.2. The van der Waals surface area contributed by atoms with E-state index in [2.05, 4.69) is 27.3 Å². The van der Waals surface area contributed by atoms with Crippen molar-refractivity contribution in [1.29, 1.82) is 0 Å². The first-order valence-electron chi connectivity index (χ1n) is 10.4. The third kappa shape index (κ3) is 4.68. The van der Waals surface area contributed by atoms with E-state index in [0.29, 0.717) is 5.56 Å². The monoisotopic (exact) mass is 444 g/mol. The predicted molar refractivity (Wildman–Crippen MR) is 127 cm³/mol. The molecule has 0 saturated carbocycles. The van der Waals surface area contributed by atoms with Gasteiger partial charge < -0.3 is 4.57 Å². The number of hydrogen-bond acceptors (Lipinski definition) is 4. The molecule has 1 unspecified atom stereocenters. The number of benzene rings is 3. The lowest BCUT2D eigenvalue weighted by Crippen LogP contribution is -2.43. The van der Waals surface area contributed by atoms with E-state index in [-0.39, 0.29) is 11.8 Å². The number of aryl methyl sites for hydroxylation is 2. The van der Waals surface area contributed by atoms with Crippen molar-refractivity contribution in [2.24, 2.45) is 0 Å². The summed E-state index contributed by atoms with van der Waals surface area (Å²) in [6.07, 6.45) is 0.